The molecule has 47 heavy (non-hydrogen) atoms. The number of ether oxygens (including phenoxy) is 1. The lowest BCUT2D eigenvalue weighted by molar-refractivity contribution is -0.198. The van der Waals surface area contributed by atoms with Gasteiger partial charge >= 0.3 is 12.1 Å². The number of carboxylic acids is 1. The van der Waals surface area contributed by atoms with Gasteiger partial charge in [0.1, 0.15) is 6.04 Å². The average Bonchev–Trinajstić information content (AvgIpc) is 3.63. The van der Waals surface area contributed by atoms with E-state index in [1.54, 1.807) is 48.6 Å². The van der Waals surface area contributed by atoms with Crippen LogP contribution in [0, 0.1) is 13.8 Å². The molecule has 0 bridgehead atoms. The highest BCUT2D eigenvalue weighted by Crippen LogP contribution is 2.40. The Morgan fingerprint density at radius 3 is 2.40 bits per heavy atom. The summed E-state index contributed by atoms with van der Waals surface area (Å²) in [6.45, 7) is 3.72. The van der Waals surface area contributed by atoms with Gasteiger partial charge in [0.05, 0.1) is 28.3 Å². The van der Waals surface area contributed by atoms with Crippen molar-refractivity contribution in [2.24, 2.45) is 5.73 Å². The quantitative estimate of drug-likeness (QED) is 0.134. The highest BCUT2D eigenvalue weighted by atomic mass is 35.5. The van der Waals surface area contributed by atoms with Crippen molar-refractivity contribution in [2.45, 2.75) is 45.0 Å². The fraction of sp³-hybridized carbons (Fsp3) is 0.258. The Balaban J connectivity index is 0.000000479. The van der Waals surface area contributed by atoms with E-state index in [1.807, 2.05) is 12.4 Å². The number of rotatable bonds is 10. The number of carboxylic acid groups (broad SMARTS) is 1. The van der Waals surface area contributed by atoms with Crippen molar-refractivity contribution in [1.29, 1.82) is 0 Å². The molecule has 0 unspecified atom stereocenters. The number of hydrogen-bond acceptors (Lipinski definition) is 9. The van der Waals surface area contributed by atoms with E-state index in [4.69, 9.17) is 44.5 Å². The molecule has 0 aliphatic heterocycles. The van der Waals surface area contributed by atoms with Crippen LogP contribution in [0.25, 0.3) is 16.9 Å². The summed E-state index contributed by atoms with van der Waals surface area (Å²) in [7, 11) is 0. The van der Waals surface area contributed by atoms with Crippen LogP contribution in [-0.2, 0) is 17.6 Å². The maximum Gasteiger partial charge on any atom is 0.429 e. The summed E-state index contributed by atoms with van der Waals surface area (Å²) >= 11 is 13.3. The van der Waals surface area contributed by atoms with Crippen molar-refractivity contribution < 1.29 is 27.8 Å². The number of aliphatic carboxylic acids is 1. The molecule has 0 saturated carbocycles. The van der Waals surface area contributed by atoms with Gasteiger partial charge in [-0.2, -0.15) is 23.3 Å². The molecule has 5 N–H and O–H groups in total. The van der Waals surface area contributed by atoms with E-state index < -0.39 is 30.2 Å². The van der Waals surface area contributed by atoms with Crippen LogP contribution >= 0.6 is 34.5 Å². The number of aromatic nitrogens is 5. The molecule has 3 aromatic heterocycles. The van der Waals surface area contributed by atoms with E-state index >= 15 is 0 Å². The van der Waals surface area contributed by atoms with E-state index in [9.17, 15) is 18.0 Å². The Morgan fingerprint density at radius 2 is 1.83 bits per heavy atom. The summed E-state index contributed by atoms with van der Waals surface area (Å²) in [6, 6.07) is 12.2. The van der Waals surface area contributed by atoms with Crippen LogP contribution in [0.2, 0.25) is 5.02 Å². The number of thiazole rings is 1. The fourth-order valence-electron chi connectivity index (χ4n) is 4.37. The van der Waals surface area contributed by atoms with Crippen molar-refractivity contribution in [3.05, 3.63) is 98.7 Å². The Labute approximate surface area is 282 Å². The number of aryl methyl sites for hydroxylation is 3. The standard InChI is InChI=1S/C25H22ClF3N6O3.C6H8ClNS/c1-13-8-9-35(34-13)20-11-16(26)6-7-17(20)22(25(27,28)29)38-21-12-19(32-24(31)33-21)15-4-2-14(3-5-15)10-18(30)23(36)37;1-5-6(2-3-7)9-4-8-5/h2-9,11-12,18,22H,10,30H2,1H3,(H,36,37)(H2,31,32,33);4H,2-3H2,1H3/t18-,22+;/m0./s1. The van der Waals surface area contributed by atoms with E-state index in [-0.39, 0.29) is 34.3 Å². The summed E-state index contributed by atoms with van der Waals surface area (Å²) in [6.07, 6.45) is -4.69. The predicted octanol–water partition coefficient (Wildman–Crippen LogP) is 6.74. The summed E-state index contributed by atoms with van der Waals surface area (Å²) in [5.41, 5.74) is 16.2. The first-order valence-electron chi connectivity index (χ1n) is 14.0. The summed E-state index contributed by atoms with van der Waals surface area (Å²) < 4.78 is 49.6. The number of benzene rings is 2. The van der Waals surface area contributed by atoms with Gasteiger partial charge in [-0.25, -0.2) is 14.6 Å². The summed E-state index contributed by atoms with van der Waals surface area (Å²) in [5, 5.41) is 13.4. The molecular weight excluding hydrogens is 678 g/mol. The maximum atomic E-state index is 14.3. The van der Waals surface area contributed by atoms with Gasteiger partial charge < -0.3 is 21.3 Å². The lowest BCUT2D eigenvalue weighted by atomic mass is 10.0. The van der Waals surface area contributed by atoms with Crippen LogP contribution < -0.4 is 16.2 Å². The molecule has 16 heteroatoms. The van der Waals surface area contributed by atoms with Crippen LogP contribution in [0.5, 0.6) is 5.88 Å². The number of hydrogen-bond donors (Lipinski definition) is 3. The Kier molecular flexibility index (Phi) is 11.8. The molecule has 10 nitrogen and oxygen atoms in total. The predicted molar refractivity (Wildman–Crippen MR) is 175 cm³/mol. The van der Waals surface area contributed by atoms with Crippen LogP contribution in [0.3, 0.4) is 0 Å². The van der Waals surface area contributed by atoms with Crippen molar-refractivity contribution in [3.63, 3.8) is 0 Å². The highest BCUT2D eigenvalue weighted by Gasteiger charge is 2.45. The monoisotopic (exact) mass is 707 g/mol. The first-order chi connectivity index (χ1) is 22.2. The Hall–Kier alpha value is -4.24. The van der Waals surface area contributed by atoms with Gasteiger partial charge in [-0.1, -0.05) is 41.9 Å². The second-order valence-corrected chi connectivity index (χ2v) is 12.0. The second kappa shape index (κ2) is 15.6. The van der Waals surface area contributed by atoms with Crippen molar-refractivity contribution in [2.75, 3.05) is 11.6 Å². The number of nitrogens with zero attached hydrogens (tertiary/aromatic N) is 5. The molecule has 0 amide bonds. The normalized spacial score (nSPS) is 12.6. The van der Waals surface area contributed by atoms with E-state index in [0.29, 0.717) is 22.7 Å². The van der Waals surface area contributed by atoms with Crippen LogP contribution in [0.15, 0.2) is 66.3 Å². The number of nitrogens with two attached hydrogens (primary N) is 2. The first kappa shape index (κ1) is 35.6. The van der Waals surface area contributed by atoms with Crippen molar-refractivity contribution in [1.82, 2.24) is 24.7 Å². The number of alkyl halides is 4. The van der Waals surface area contributed by atoms with E-state index in [1.165, 1.54) is 40.0 Å². The third-order valence-corrected chi connectivity index (χ3v) is 8.11. The molecule has 5 aromatic rings. The highest BCUT2D eigenvalue weighted by molar-refractivity contribution is 7.09. The molecule has 2 atom stereocenters. The third kappa shape index (κ3) is 9.64. The van der Waals surface area contributed by atoms with Crippen LogP contribution in [0.1, 0.15) is 33.5 Å². The molecular formula is C31H30Cl2F3N7O3S. The topological polar surface area (TPSA) is 155 Å². The minimum Gasteiger partial charge on any atom is -0.480 e. The summed E-state index contributed by atoms with van der Waals surface area (Å²) in [4.78, 5) is 24.3. The molecule has 2 aromatic carbocycles. The van der Waals surface area contributed by atoms with Gasteiger partial charge in [0, 0.05) is 39.2 Å². The lowest BCUT2D eigenvalue weighted by Crippen LogP contribution is -2.32. The van der Waals surface area contributed by atoms with Gasteiger partial charge in [0.25, 0.3) is 0 Å². The largest absolute Gasteiger partial charge is 0.480 e. The van der Waals surface area contributed by atoms with E-state index in [0.717, 1.165) is 12.1 Å². The number of carbonyl (C=O) groups is 1. The number of nitrogen functional groups attached to an aromatic ring is 1. The van der Waals surface area contributed by atoms with Crippen LogP contribution in [-0.4, -0.2) is 53.9 Å². The van der Waals surface area contributed by atoms with E-state index in [2.05, 4.69) is 20.1 Å². The first-order valence-corrected chi connectivity index (χ1v) is 15.8. The molecule has 3 heterocycles. The number of anilines is 1. The molecule has 0 saturated heterocycles. The zero-order valence-electron chi connectivity index (χ0n) is 25.1. The SMILES string of the molecule is Cc1ccn(-c2cc(Cl)ccc2[C@@H](Oc2cc(-c3ccc(C[C@H](N)C(=O)O)cc3)nc(N)n2)C(F)(F)F)n1.Cc1ncsc1CCCl. The van der Waals surface area contributed by atoms with Crippen molar-refractivity contribution in [3.8, 4) is 22.8 Å². The van der Waals surface area contributed by atoms with Gasteiger partial charge in [-0.3, -0.25) is 4.79 Å². The zero-order chi connectivity index (χ0) is 34.3. The van der Waals surface area contributed by atoms with Gasteiger partial charge in [0.2, 0.25) is 17.9 Å². The Morgan fingerprint density at radius 1 is 1.11 bits per heavy atom. The van der Waals surface area contributed by atoms with Gasteiger partial charge in [-0.05, 0) is 50.5 Å². The Bertz CT molecular complexity index is 1820. The number of halogens is 5. The minimum atomic E-state index is -4.84. The summed E-state index contributed by atoms with van der Waals surface area (Å²) in [5.74, 6) is -1.13. The average molecular weight is 709 g/mol. The molecule has 5 rings (SSSR count). The molecule has 0 radical (unpaired) electrons. The molecule has 248 valence electrons. The molecule has 0 aliphatic rings. The third-order valence-electron chi connectivity index (χ3n) is 6.69. The minimum absolute atomic E-state index is 0.0883. The van der Waals surface area contributed by atoms with Gasteiger partial charge in [-0.15, -0.1) is 22.9 Å². The molecule has 0 spiro atoms. The van der Waals surface area contributed by atoms with Crippen LogP contribution in [0.4, 0.5) is 19.1 Å². The second-order valence-electron chi connectivity index (χ2n) is 10.2. The smallest absolute Gasteiger partial charge is 0.429 e. The molecule has 0 aliphatic carbocycles. The zero-order valence-corrected chi connectivity index (χ0v) is 27.4. The molecule has 0 fully saturated rings. The fourth-order valence-corrected chi connectivity index (χ4v) is 5.62. The van der Waals surface area contributed by atoms with Gasteiger partial charge in [0.15, 0.2) is 0 Å². The lowest BCUT2D eigenvalue weighted by Gasteiger charge is -2.24. The maximum absolute atomic E-state index is 14.3. The van der Waals surface area contributed by atoms with Crippen molar-refractivity contribution >= 4 is 46.5 Å².